The first-order valence-electron chi connectivity index (χ1n) is 8.98. The number of nitrogens with one attached hydrogen (secondary N) is 2. The number of aromatic amines is 1. The predicted octanol–water partition coefficient (Wildman–Crippen LogP) is 4.75. The molecule has 0 radical (unpaired) electrons. The van der Waals surface area contributed by atoms with Crippen molar-refractivity contribution < 1.29 is 9.18 Å². The molecular formula is C21H17BrFN3O2S. The molecule has 3 aromatic rings. The topological polar surface area (TPSA) is 74.8 Å². The Morgan fingerprint density at radius 2 is 2.03 bits per heavy atom. The van der Waals surface area contributed by atoms with Gasteiger partial charge in [0.15, 0.2) is 5.16 Å². The molecule has 2 aromatic carbocycles. The molecule has 1 atom stereocenters. The van der Waals surface area contributed by atoms with Gasteiger partial charge in [-0.05, 0) is 51.7 Å². The van der Waals surface area contributed by atoms with Gasteiger partial charge in [-0.1, -0.05) is 42.1 Å². The van der Waals surface area contributed by atoms with Crippen LogP contribution < -0.4 is 10.9 Å². The third-order valence-electron chi connectivity index (χ3n) is 4.90. The summed E-state index contributed by atoms with van der Waals surface area (Å²) in [6.07, 6.45) is 0.103. The van der Waals surface area contributed by atoms with Gasteiger partial charge in [-0.25, -0.2) is 9.37 Å². The summed E-state index contributed by atoms with van der Waals surface area (Å²) < 4.78 is 13.9. The molecule has 1 aliphatic rings. The minimum atomic E-state index is -0.484. The third kappa shape index (κ3) is 4.13. The van der Waals surface area contributed by atoms with Gasteiger partial charge in [-0.2, -0.15) is 0 Å². The lowest BCUT2D eigenvalue weighted by molar-refractivity contribution is -0.116. The third-order valence-corrected chi connectivity index (χ3v) is 6.43. The van der Waals surface area contributed by atoms with E-state index in [0.29, 0.717) is 22.0 Å². The van der Waals surface area contributed by atoms with Crippen LogP contribution in [-0.4, -0.2) is 15.9 Å². The highest BCUT2D eigenvalue weighted by Crippen LogP contribution is 2.36. The first-order chi connectivity index (χ1) is 13.9. The quantitative estimate of drug-likeness (QED) is 0.423. The van der Waals surface area contributed by atoms with E-state index in [-0.39, 0.29) is 28.2 Å². The van der Waals surface area contributed by atoms with Crippen molar-refractivity contribution in [1.29, 1.82) is 0 Å². The average molecular weight is 474 g/mol. The Morgan fingerprint density at radius 3 is 2.79 bits per heavy atom. The van der Waals surface area contributed by atoms with Crippen LogP contribution in [-0.2, 0) is 10.5 Å². The van der Waals surface area contributed by atoms with E-state index in [1.807, 2.05) is 31.2 Å². The van der Waals surface area contributed by atoms with Gasteiger partial charge >= 0.3 is 0 Å². The summed E-state index contributed by atoms with van der Waals surface area (Å²) in [7, 11) is 0. The van der Waals surface area contributed by atoms with Crippen LogP contribution in [0, 0.1) is 12.7 Å². The van der Waals surface area contributed by atoms with Gasteiger partial charge in [0.1, 0.15) is 11.6 Å². The molecule has 8 heteroatoms. The van der Waals surface area contributed by atoms with Gasteiger partial charge in [-0.3, -0.25) is 9.59 Å². The Labute approximate surface area is 179 Å². The molecule has 1 aliphatic heterocycles. The van der Waals surface area contributed by atoms with Gasteiger partial charge in [0.2, 0.25) is 5.91 Å². The summed E-state index contributed by atoms with van der Waals surface area (Å²) in [5, 5.41) is 3.15. The van der Waals surface area contributed by atoms with Gasteiger partial charge in [-0.15, -0.1) is 0 Å². The maximum Gasteiger partial charge on any atom is 0.257 e. The highest BCUT2D eigenvalue weighted by molar-refractivity contribution is 9.10. The second-order valence-corrected chi connectivity index (χ2v) is 8.65. The Kier molecular flexibility index (Phi) is 5.56. The van der Waals surface area contributed by atoms with E-state index in [0.717, 1.165) is 11.1 Å². The first kappa shape index (κ1) is 19.8. The Hall–Kier alpha value is -2.45. The van der Waals surface area contributed by atoms with Crippen LogP contribution in [0.15, 0.2) is 56.9 Å². The van der Waals surface area contributed by atoms with Crippen LogP contribution in [0.25, 0.3) is 0 Å². The van der Waals surface area contributed by atoms with Gasteiger partial charge in [0.25, 0.3) is 5.56 Å². The van der Waals surface area contributed by atoms with Crippen molar-refractivity contribution in [3.63, 3.8) is 0 Å². The summed E-state index contributed by atoms with van der Waals surface area (Å²) >= 11 is 4.57. The Morgan fingerprint density at radius 1 is 1.24 bits per heavy atom. The summed E-state index contributed by atoms with van der Waals surface area (Å²) in [5.41, 5.74) is 3.09. The van der Waals surface area contributed by atoms with Crippen molar-refractivity contribution in [1.82, 2.24) is 9.97 Å². The van der Waals surface area contributed by atoms with E-state index in [1.54, 1.807) is 12.1 Å². The number of H-pyrrole nitrogens is 1. The molecule has 148 valence electrons. The predicted molar refractivity (Wildman–Crippen MR) is 115 cm³/mol. The number of thioether (sulfide) groups is 1. The molecule has 0 aliphatic carbocycles. The molecule has 0 unspecified atom stereocenters. The number of hydrogen-bond donors (Lipinski definition) is 2. The van der Waals surface area contributed by atoms with E-state index in [1.165, 1.54) is 17.8 Å². The molecule has 29 heavy (non-hydrogen) atoms. The largest absolute Gasteiger partial charge is 0.310 e. The Balaban J connectivity index is 1.67. The molecule has 2 N–H and O–H groups in total. The lowest BCUT2D eigenvalue weighted by atomic mass is 9.87. The first-order valence-corrected chi connectivity index (χ1v) is 10.8. The molecule has 0 saturated carbocycles. The minimum Gasteiger partial charge on any atom is -0.310 e. The van der Waals surface area contributed by atoms with Crippen LogP contribution in [0.4, 0.5) is 10.2 Å². The van der Waals surface area contributed by atoms with E-state index in [9.17, 15) is 14.0 Å². The maximum absolute atomic E-state index is 13.6. The molecule has 4 rings (SSSR count). The maximum atomic E-state index is 13.6. The molecule has 5 nitrogen and oxygen atoms in total. The molecule has 0 saturated heterocycles. The number of aromatic nitrogens is 2. The van der Waals surface area contributed by atoms with Crippen LogP contribution in [0.1, 0.15) is 34.6 Å². The van der Waals surface area contributed by atoms with E-state index in [4.69, 9.17) is 0 Å². The van der Waals surface area contributed by atoms with Crippen molar-refractivity contribution in [2.75, 3.05) is 5.32 Å². The second-order valence-electron chi connectivity index (χ2n) is 6.83. The lowest BCUT2D eigenvalue weighted by Crippen LogP contribution is -2.31. The summed E-state index contributed by atoms with van der Waals surface area (Å²) in [5.74, 6) is -0.193. The molecule has 1 amide bonds. The number of fused-ring (bicyclic) bond motifs is 1. The van der Waals surface area contributed by atoms with Crippen molar-refractivity contribution in [3.05, 3.63) is 85.4 Å². The van der Waals surface area contributed by atoms with E-state index >= 15 is 0 Å². The number of halogens is 2. The number of carbonyl (C=O) groups excluding carboxylic acids is 1. The molecule has 0 bridgehead atoms. The van der Waals surface area contributed by atoms with E-state index in [2.05, 4.69) is 31.2 Å². The van der Waals surface area contributed by atoms with Gasteiger partial charge in [0, 0.05) is 18.1 Å². The fourth-order valence-corrected chi connectivity index (χ4v) is 4.68. The average Bonchev–Trinajstić information content (AvgIpc) is 2.68. The van der Waals surface area contributed by atoms with Gasteiger partial charge < -0.3 is 10.3 Å². The summed E-state index contributed by atoms with van der Waals surface area (Å²) in [4.78, 5) is 32.4. The molecule has 0 fully saturated rings. The summed E-state index contributed by atoms with van der Waals surface area (Å²) in [6.45, 7) is 2.03. The number of rotatable bonds is 4. The number of amides is 1. The lowest BCUT2D eigenvalue weighted by Gasteiger charge is -2.24. The number of anilines is 1. The normalized spacial score (nSPS) is 15.7. The second kappa shape index (κ2) is 8.12. The SMILES string of the molecule is Cc1ccccc1CSc1nc2c(c(=O)[nH]1)[C@@H](c1ccc(F)c(Br)c1)CC(=O)N2. The van der Waals surface area contributed by atoms with Crippen molar-refractivity contribution >= 4 is 39.4 Å². The molecule has 1 aromatic heterocycles. The van der Waals surface area contributed by atoms with E-state index < -0.39 is 11.7 Å². The zero-order valence-electron chi connectivity index (χ0n) is 15.5. The number of aryl methyl sites for hydroxylation is 1. The highest BCUT2D eigenvalue weighted by atomic mass is 79.9. The van der Waals surface area contributed by atoms with Crippen molar-refractivity contribution in [2.45, 2.75) is 30.2 Å². The smallest absolute Gasteiger partial charge is 0.257 e. The number of carbonyl (C=O) groups is 1. The van der Waals surface area contributed by atoms with Crippen LogP contribution >= 0.6 is 27.7 Å². The molecule has 0 spiro atoms. The number of nitrogens with zero attached hydrogens (tertiary/aromatic N) is 1. The van der Waals surface area contributed by atoms with Gasteiger partial charge in [0.05, 0.1) is 10.0 Å². The monoisotopic (exact) mass is 473 g/mol. The zero-order valence-corrected chi connectivity index (χ0v) is 17.9. The highest BCUT2D eigenvalue weighted by Gasteiger charge is 2.31. The summed E-state index contributed by atoms with van der Waals surface area (Å²) in [6, 6.07) is 12.5. The van der Waals surface area contributed by atoms with Crippen molar-refractivity contribution in [3.8, 4) is 0 Å². The fourth-order valence-electron chi connectivity index (χ4n) is 3.35. The standard InChI is InChI=1S/C21H17BrFN3O2S/c1-11-4-2-3-5-13(11)10-29-21-25-19-18(20(28)26-21)14(9-17(27)24-19)12-6-7-16(23)15(22)8-12/h2-8,14H,9-10H2,1H3,(H2,24,25,26,27,28)/t14-/m1/s1. The molecule has 2 heterocycles. The number of hydrogen-bond acceptors (Lipinski definition) is 4. The Bertz CT molecular complexity index is 1160. The molecular weight excluding hydrogens is 457 g/mol. The zero-order chi connectivity index (χ0) is 20.5. The van der Waals surface area contributed by atoms with Crippen LogP contribution in [0.2, 0.25) is 0 Å². The van der Waals surface area contributed by atoms with Crippen LogP contribution in [0.3, 0.4) is 0 Å². The van der Waals surface area contributed by atoms with Crippen molar-refractivity contribution in [2.24, 2.45) is 0 Å². The minimum absolute atomic E-state index is 0.103. The fraction of sp³-hybridized carbons (Fsp3) is 0.190. The number of benzene rings is 2. The van der Waals surface area contributed by atoms with Crippen LogP contribution in [0.5, 0.6) is 0 Å².